The molecular weight excluding hydrogens is 328 g/mol. The molecule has 0 saturated carbocycles. The normalized spacial score (nSPS) is 11.0. The zero-order valence-electron chi connectivity index (χ0n) is 14.0. The van der Waals surface area contributed by atoms with E-state index in [2.05, 4.69) is 15.3 Å². The molecule has 2 aromatic heterocycles. The van der Waals surface area contributed by atoms with Crippen molar-refractivity contribution in [2.75, 3.05) is 12.3 Å². The molecule has 0 atom stereocenters. The summed E-state index contributed by atoms with van der Waals surface area (Å²) in [4.78, 5) is 0. The summed E-state index contributed by atoms with van der Waals surface area (Å²) in [6.07, 6.45) is 1.53. The summed E-state index contributed by atoms with van der Waals surface area (Å²) in [7, 11) is 0. The second-order valence-corrected chi connectivity index (χ2v) is 5.80. The number of anilines is 1. The Morgan fingerprint density at radius 3 is 2.42 bits per heavy atom. The van der Waals surface area contributed by atoms with Crippen LogP contribution in [-0.4, -0.2) is 26.5 Å². The van der Waals surface area contributed by atoms with E-state index in [9.17, 15) is 0 Å². The molecule has 0 aliphatic carbocycles. The van der Waals surface area contributed by atoms with Crippen LogP contribution in [0.1, 0.15) is 0 Å². The molecule has 0 saturated heterocycles. The average Bonchev–Trinajstić information content (AvgIpc) is 3.04. The lowest BCUT2D eigenvalue weighted by atomic mass is 10.1. The summed E-state index contributed by atoms with van der Waals surface area (Å²) in [5.41, 5.74) is 14.7. The molecule has 0 radical (unpaired) electrons. The monoisotopic (exact) mass is 346 g/mol. The molecule has 0 amide bonds. The van der Waals surface area contributed by atoms with Gasteiger partial charge in [0.2, 0.25) is 0 Å². The summed E-state index contributed by atoms with van der Waals surface area (Å²) in [5, 5.41) is 13.5. The van der Waals surface area contributed by atoms with Crippen LogP contribution in [0.3, 0.4) is 0 Å². The Kier molecular flexibility index (Phi) is 4.20. The van der Waals surface area contributed by atoms with Crippen molar-refractivity contribution in [3.8, 4) is 22.8 Å². The first-order valence-corrected chi connectivity index (χ1v) is 8.27. The van der Waals surface area contributed by atoms with E-state index in [1.165, 1.54) is 6.20 Å². The van der Waals surface area contributed by atoms with Gasteiger partial charge in [-0.3, -0.25) is 0 Å². The van der Waals surface area contributed by atoms with E-state index in [4.69, 9.17) is 16.2 Å². The Bertz CT molecular complexity index is 1030. The number of nitrogens with two attached hydrogens (primary N) is 2. The molecule has 0 unspecified atom stereocenters. The summed E-state index contributed by atoms with van der Waals surface area (Å²) >= 11 is 0. The number of rotatable bonds is 5. The third-order valence-electron chi connectivity index (χ3n) is 4.01. The van der Waals surface area contributed by atoms with Crippen LogP contribution in [0.2, 0.25) is 0 Å². The van der Waals surface area contributed by atoms with E-state index in [-0.39, 0.29) is 0 Å². The topological polar surface area (TPSA) is 105 Å². The third-order valence-corrected chi connectivity index (χ3v) is 4.01. The molecule has 130 valence electrons. The zero-order valence-corrected chi connectivity index (χ0v) is 14.0. The largest absolute Gasteiger partial charge is 0.457 e. The van der Waals surface area contributed by atoms with Crippen LogP contribution in [0.5, 0.6) is 11.5 Å². The van der Waals surface area contributed by atoms with Gasteiger partial charge in [-0.05, 0) is 36.4 Å². The lowest BCUT2D eigenvalue weighted by Gasteiger charge is -2.06. The SMILES string of the molecule is NCCn1nc(-c2ccc(Oc3ccccc3)cc2)c2c(N)cnnc21. The molecule has 0 fully saturated rings. The molecule has 4 aromatic rings. The van der Waals surface area contributed by atoms with Gasteiger partial charge in [-0.25, -0.2) is 4.68 Å². The maximum atomic E-state index is 6.12. The lowest BCUT2D eigenvalue weighted by Crippen LogP contribution is -2.11. The summed E-state index contributed by atoms with van der Waals surface area (Å²) in [6, 6.07) is 17.4. The Balaban J connectivity index is 1.71. The number of aromatic nitrogens is 4. The number of ether oxygens (including phenoxy) is 1. The van der Waals surface area contributed by atoms with Crippen LogP contribution in [0.15, 0.2) is 60.8 Å². The number of benzene rings is 2. The molecular formula is C19H18N6O. The quantitative estimate of drug-likeness (QED) is 0.576. The fourth-order valence-electron chi connectivity index (χ4n) is 2.82. The zero-order chi connectivity index (χ0) is 17.9. The molecule has 7 heteroatoms. The van der Waals surface area contributed by atoms with Crippen molar-refractivity contribution < 1.29 is 4.74 Å². The minimum Gasteiger partial charge on any atom is -0.457 e. The van der Waals surface area contributed by atoms with Crippen molar-refractivity contribution in [1.29, 1.82) is 0 Å². The van der Waals surface area contributed by atoms with Gasteiger partial charge in [-0.1, -0.05) is 18.2 Å². The summed E-state index contributed by atoms with van der Waals surface area (Å²) in [5.74, 6) is 1.54. The van der Waals surface area contributed by atoms with Gasteiger partial charge in [0.1, 0.15) is 17.2 Å². The van der Waals surface area contributed by atoms with Crippen LogP contribution in [0.4, 0.5) is 5.69 Å². The van der Waals surface area contributed by atoms with Crippen molar-refractivity contribution in [3.63, 3.8) is 0 Å². The minimum absolute atomic E-state index is 0.455. The van der Waals surface area contributed by atoms with Crippen molar-refractivity contribution in [1.82, 2.24) is 20.0 Å². The molecule has 0 spiro atoms. The van der Waals surface area contributed by atoms with Gasteiger partial charge < -0.3 is 16.2 Å². The molecule has 2 aromatic carbocycles. The van der Waals surface area contributed by atoms with Crippen molar-refractivity contribution in [2.45, 2.75) is 6.54 Å². The first-order valence-electron chi connectivity index (χ1n) is 8.27. The predicted molar refractivity (Wildman–Crippen MR) is 101 cm³/mol. The molecule has 0 aliphatic rings. The highest BCUT2D eigenvalue weighted by Gasteiger charge is 2.16. The number of hydrogen-bond donors (Lipinski definition) is 2. The second kappa shape index (κ2) is 6.81. The average molecular weight is 346 g/mol. The molecule has 2 heterocycles. The molecule has 4 N–H and O–H groups in total. The van der Waals surface area contributed by atoms with Crippen molar-refractivity contribution in [2.24, 2.45) is 5.73 Å². The second-order valence-electron chi connectivity index (χ2n) is 5.80. The first kappa shape index (κ1) is 16.0. The number of nitrogen functional groups attached to an aromatic ring is 1. The standard InChI is InChI=1S/C19H18N6O/c20-10-11-25-19-17(16(21)12-22-23-19)18(24-25)13-6-8-15(9-7-13)26-14-4-2-1-3-5-14/h1-9,12H,10-11,20H2,(H2,21,23). The maximum Gasteiger partial charge on any atom is 0.183 e. The Hall–Kier alpha value is -3.45. The Morgan fingerprint density at radius 1 is 0.962 bits per heavy atom. The number of nitrogens with zero attached hydrogens (tertiary/aromatic N) is 4. The lowest BCUT2D eigenvalue weighted by molar-refractivity contribution is 0.483. The van der Waals surface area contributed by atoms with Crippen molar-refractivity contribution in [3.05, 3.63) is 60.8 Å². The molecule has 4 rings (SSSR count). The number of hydrogen-bond acceptors (Lipinski definition) is 6. The van der Waals surface area contributed by atoms with E-state index in [1.54, 1.807) is 4.68 Å². The van der Waals surface area contributed by atoms with Gasteiger partial charge in [0, 0.05) is 12.1 Å². The predicted octanol–water partition coefficient (Wildman–Crippen LogP) is 2.83. The molecule has 26 heavy (non-hydrogen) atoms. The van der Waals surface area contributed by atoms with Gasteiger partial charge in [0.15, 0.2) is 5.65 Å². The van der Waals surface area contributed by atoms with E-state index < -0.39 is 0 Å². The van der Waals surface area contributed by atoms with E-state index >= 15 is 0 Å². The summed E-state index contributed by atoms with van der Waals surface area (Å²) < 4.78 is 7.57. The fourth-order valence-corrected chi connectivity index (χ4v) is 2.82. The highest BCUT2D eigenvalue weighted by molar-refractivity contribution is 5.99. The van der Waals surface area contributed by atoms with E-state index in [1.807, 2.05) is 54.6 Å². The van der Waals surface area contributed by atoms with Gasteiger partial charge in [0.05, 0.1) is 23.8 Å². The maximum absolute atomic E-state index is 6.12. The number of para-hydroxylation sites is 1. The van der Waals surface area contributed by atoms with Crippen LogP contribution in [0.25, 0.3) is 22.3 Å². The van der Waals surface area contributed by atoms with E-state index in [0.29, 0.717) is 24.4 Å². The van der Waals surface area contributed by atoms with Crippen molar-refractivity contribution >= 4 is 16.7 Å². The highest BCUT2D eigenvalue weighted by Crippen LogP contribution is 2.32. The van der Waals surface area contributed by atoms with Gasteiger partial charge in [-0.15, -0.1) is 5.10 Å². The number of fused-ring (bicyclic) bond motifs is 1. The highest BCUT2D eigenvalue weighted by atomic mass is 16.5. The van der Waals surface area contributed by atoms with Crippen LogP contribution in [0, 0.1) is 0 Å². The van der Waals surface area contributed by atoms with Gasteiger partial charge in [-0.2, -0.15) is 10.2 Å². The Labute approximate surface area is 150 Å². The van der Waals surface area contributed by atoms with Crippen LogP contribution in [-0.2, 0) is 6.54 Å². The summed E-state index contributed by atoms with van der Waals surface area (Å²) in [6.45, 7) is 1.00. The van der Waals surface area contributed by atoms with Crippen LogP contribution < -0.4 is 16.2 Å². The van der Waals surface area contributed by atoms with Crippen LogP contribution >= 0.6 is 0 Å². The molecule has 7 nitrogen and oxygen atoms in total. The Morgan fingerprint density at radius 2 is 1.69 bits per heavy atom. The third kappa shape index (κ3) is 2.96. The van der Waals surface area contributed by atoms with Gasteiger partial charge >= 0.3 is 0 Å². The smallest absolute Gasteiger partial charge is 0.183 e. The molecule has 0 aliphatic heterocycles. The minimum atomic E-state index is 0.455. The van der Waals surface area contributed by atoms with Gasteiger partial charge in [0.25, 0.3) is 0 Å². The van der Waals surface area contributed by atoms with E-state index in [0.717, 1.165) is 28.1 Å². The first-order chi connectivity index (χ1) is 12.8. The fraction of sp³-hybridized carbons (Fsp3) is 0.105. The molecule has 0 bridgehead atoms.